The Morgan fingerprint density at radius 1 is 1.35 bits per heavy atom. The van der Waals surface area contributed by atoms with Gasteiger partial charge in [0.05, 0.1) is 0 Å². The molecule has 0 radical (unpaired) electrons. The molecule has 2 amide bonds. The molecule has 1 rings (SSSR count). The largest absolute Gasteiger partial charge is 0.481 e. The average molecular weight is 284 g/mol. The van der Waals surface area contributed by atoms with Crippen LogP contribution < -0.4 is 5.32 Å². The van der Waals surface area contributed by atoms with Crippen molar-refractivity contribution in [3.05, 3.63) is 0 Å². The number of aliphatic carboxylic acids is 1. The second kappa shape index (κ2) is 7.50. The molecule has 0 aromatic carbocycles. The lowest BCUT2D eigenvalue weighted by Gasteiger charge is -2.38. The van der Waals surface area contributed by atoms with E-state index in [0.717, 1.165) is 38.6 Å². The lowest BCUT2D eigenvalue weighted by molar-refractivity contribution is -0.137. The first-order valence-corrected chi connectivity index (χ1v) is 7.66. The number of piperidine rings is 1. The van der Waals surface area contributed by atoms with Crippen LogP contribution in [0.1, 0.15) is 65.7 Å². The van der Waals surface area contributed by atoms with Crippen molar-refractivity contribution in [2.45, 2.75) is 77.3 Å². The van der Waals surface area contributed by atoms with Gasteiger partial charge in [0.1, 0.15) is 0 Å². The topological polar surface area (TPSA) is 69.6 Å². The molecule has 1 heterocycles. The maximum Gasteiger partial charge on any atom is 0.318 e. The van der Waals surface area contributed by atoms with E-state index in [-0.39, 0.29) is 24.0 Å². The number of nitrogens with one attached hydrogen (secondary N) is 1. The summed E-state index contributed by atoms with van der Waals surface area (Å²) < 4.78 is 0. The minimum absolute atomic E-state index is 0.0430. The second-order valence-corrected chi connectivity index (χ2v) is 6.34. The van der Waals surface area contributed by atoms with E-state index in [1.807, 2.05) is 18.7 Å². The van der Waals surface area contributed by atoms with Crippen LogP contribution in [0.25, 0.3) is 0 Å². The molecule has 5 nitrogen and oxygen atoms in total. The Balaban J connectivity index is 2.60. The first kappa shape index (κ1) is 16.8. The second-order valence-electron chi connectivity index (χ2n) is 6.34. The van der Waals surface area contributed by atoms with Crippen molar-refractivity contribution in [2.24, 2.45) is 0 Å². The Hall–Kier alpha value is -1.26. The third kappa shape index (κ3) is 5.39. The van der Waals surface area contributed by atoms with Gasteiger partial charge < -0.3 is 15.3 Å². The van der Waals surface area contributed by atoms with Gasteiger partial charge in [0.25, 0.3) is 0 Å². The van der Waals surface area contributed by atoms with Crippen LogP contribution in [0.2, 0.25) is 0 Å². The maximum atomic E-state index is 12.4. The number of nitrogens with zero attached hydrogens (tertiary/aromatic N) is 1. The summed E-state index contributed by atoms with van der Waals surface area (Å²) in [6.45, 7) is 6.90. The summed E-state index contributed by atoms with van der Waals surface area (Å²) in [6.07, 6.45) is 5.64. The predicted molar refractivity (Wildman–Crippen MR) is 78.7 cm³/mol. The van der Waals surface area contributed by atoms with Crippen LogP contribution in [0, 0.1) is 0 Å². The van der Waals surface area contributed by atoms with Crippen molar-refractivity contribution in [2.75, 3.05) is 6.54 Å². The molecule has 1 unspecified atom stereocenters. The SMILES string of the molecule is CCCC(C)(C)NC(=O)N1CCCCC1CCC(=O)O. The fourth-order valence-corrected chi connectivity index (χ4v) is 2.91. The molecule has 20 heavy (non-hydrogen) atoms. The molecule has 1 atom stereocenters. The molecule has 2 N–H and O–H groups in total. The number of likely N-dealkylation sites (tertiary alicyclic amines) is 1. The van der Waals surface area contributed by atoms with Gasteiger partial charge in [-0.3, -0.25) is 4.79 Å². The molecule has 0 saturated carbocycles. The Bertz CT molecular complexity index is 342. The van der Waals surface area contributed by atoms with Gasteiger partial charge in [-0.15, -0.1) is 0 Å². The van der Waals surface area contributed by atoms with E-state index < -0.39 is 5.97 Å². The van der Waals surface area contributed by atoms with Crippen LogP contribution in [-0.4, -0.2) is 40.1 Å². The molecule has 116 valence electrons. The van der Waals surface area contributed by atoms with Gasteiger partial charge >= 0.3 is 12.0 Å². The minimum Gasteiger partial charge on any atom is -0.481 e. The number of carbonyl (C=O) groups excluding carboxylic acids is 1. The van der Waals surface area contributed by atoms with E-state index in [1.165, 1.54) is 0 Å². The third-order valence-electron chi connectivity index (χ3n) is 3.90. The molecule has 1 aliphatic heterocycles. The lowest BCUT2D eigenvalue weighted by Crippen LogP contribution is -2.54. The number of carbonyl (C=O) groups is 2. The molecule has 0 spiro atoms. The Morgan fingerprint density at radius 3 is 2.65 bits per heavy atom. The Kier molecular flexibility index (Phi) is 6.30. The molecule has 5 heteroatoms. The number of carboxylic acids is 1. The number of urea groups is 1. The van der Waals surface area contributed by atoms with E-state index in [2.05, 4.69) is 12.2 Å². The van der Waals surface area contributed by atoms with E-state index in [4.69, 9.17) is 5.11 Å². The number of carboxylic acid groups (broad SMARTS) is 1. The molecule has 1 fully saturated rings. The van der Waals surface area contributed by atoms with Gasteiger partial charge in [0, 0.05) is 24.5 Å². The van der Waals surface area contributed by atoms with Crippen LogP contribution in [0.5, 0.6) is 0 Å². The molecular weight excluding hydrogens is 256 g/mol. The normalized spacial score (nSPS) is 19.8. The third-order valence-corrected chi connectivity index (χ3v) is 3.90. The average Bonchev–Trinajstić information content (AvgIpc) is 2.35. The summed E-state index contributed by atoms with van der Waals surface area (Å²) in [6, 6.07) is 0.0239. The van der Waals surface area contributed by atoms with Gasteiger partial charge in [0.2, 0.25) is 0 Å². The summed E-state index contributed by atoms with van der Waals surface area (Å²) in [4.78, 5) is 25.0. The summed E-state index contributed by atoms with van der Waals surface area (Å²) >= 11 is 0. The molecular formula is C15H28N2O3. The van der Waals surface area contributed by atoms with E-state index >= 15 is 0 Å². The van der Waals surface area contributed by atoms with E-state index in [1.54, 1.807) is 0 Å². The molecule has 0 aromatic rings. The van der Waals surface area contributed by atoms with E-state index in [9.17, 15) is 9.59 Å². The minimum atomic E-state index is -0.790. The summed E-state index contributed by atoms with van der Waals surface area (Å²) in [7, 11) is 0. The molecule has 0 aliphatic carbocycles. The smallest absolute Gasteiger partial charge is 0.318 e. The van der Waals surface area contributed by atoms with Crippen LogP contribution >= 0.6 is 0 Å². The first-order chi connectivity index (χ1) is 9.35. The highest BCUT2D eigenvalue weighted by Crippen LogP contribution is 2.22. The van der Waals surface area contributed by atoms with Gasteiger partial charge in [-0.05, 0) is 46.0 Å². The number of amides is 2. The first-order valence-electron chi connectivity index (χ1n) is 7.66. The highest BCUT2D eigenvalue weighted by Gasteiger charge is 2.29. The molecule has 1 aliphatic rings. The summed E-state index contributed by atoms with van der Waals surface area (Å²) in [5.74, 6) is -0.790. The number of hydrogen-bond donors (Lipinski definition) is 2. The van der Waals surface area contributed by atoms with Crippen molar-refractivity contribution in [1.29, 1.82) is 0 Å². The van der Waals surface area contributed by atoms with Crippen molar-refractivity contribution in [1.82, 2.24) is 10.2 Å². The van der Waals surface area contributed by atoms with Gasteiger partial charge in [-0.2, -0.15) is 0 Å². The number of rotatable bonds is 6. The van der Waals surface area contributed by atoms with Crippen LogP contribution in [0.3, 0.4) is 0 Å². The Labute approximate surface area is 121 Å². The molecule has 1 saturated heterocycles. The maximum absolute atomic E-state index is 12.4. The van der Waals surface area contributed by atoms with Crippen LogP contribution in [0.4, 0.5) is 4.79 Å². The number of hydrogen-bond acceptors (Lipinski definition) is 2. The van der Waals surface area contributed by atoms with Crippen molar-refractivity contribution < 1.29 is 14.7 Å². The van der Waals surface area contributed by atoms with Gasteiger partial charge in [-0.1, -0.05) is 13.3 Å². The van der Waals surface area contributed by atoms with Crippen molar-refractivity contribution in [3.63, 3.8) is 0 Å². The molecule has 0 aromatic heterocycles. The fourth-order valence-electron chi connectivity index (χ4n) is 2.91. The highest BCUT2D eigenvalue weighted by atomic mass is 16.4. The zero-order chi connectivity index (χ0) is 15.2. The zero-order valence-electron chi connectivity index (χ0n) is 12.9. The summed E-state index contributed by atoms with van der Waals surface area (Å²) in [5.41, 5.74) is -0.208. The zero-order valence-corrected chi connectivity index (χ0v) is 12.9. The Morgan fingerprint density at radius 2 is 2.05 bits per heavy atom. The quantitative estimate of drug-likeness (QED) is 0.787. The van der Waals surface area contributed by atoms with Gasteiger partial charge in [-0.25, -0.2) is 4.79 Å². The van der Waals surface area contributed by atoms with Crippen molar-refractivity contribution >= 4 is 12.0 Å². The van der Waals surface area contributed by atoms with E-state index in [0.29, 0.717) is 6.42 Å². The lowest BCUT2D eigenvalue weighted by atomic mass is 9.97. The van der Waals surface area contributed by atoms with Crippen molar-refractivity contribution in [3.8, 4) is 0 Å². The fraction of sp³-hybridized carbons (Fsp3) is 0.867. The standard InChI is InChI=1S/C15H28N2O3/c1-4-10-15(2,3)16-14(20)17-11-6-5-7-12(17)8-9-13(18)19/h12H,4-11H2,1-3H3,(H,16,20)(H,18,19). The van der Waals surface area contributed by atoms with Crippen LogP contribution in [-0.2, 0) is 4.79 Å². The highest BCUT2D eigenvalue weighted by molar-refractivity contribution is 5.75. The van der Waals surface area contributed by atoms with Crippen LogP contribution in [0.15, 0.2) is 0 Å². The van der Waals surface area contributed by atoms with Gasteiger partial charge in [0.15, 0.2) is 0 Å². The monoisotopic (exact) mass is 284 g/mol. The summed E-state index contributed by atoms with van der Waals surface area (Å²) in [5, 5.41) is 11.9. The molecule has 0 bridgehead atoms. The predicted octanol–water partition coefficient (Wildman–Crippen LogP) is 2.99.